The highest BCUT2D eigenvalue weighted by molar-refractivity contribution is 5.99. The Labute approximate surface area is 146 Å². The number of carbonyl (C=O) groups is 1. The van der Waals surface area contributed by atoms with Crippen LogP contribution in [0.5, 0.6) is 0 Å². The largest absolute Gasteiger partial charge is 0.361 e. The minimum atomic E-state index is -0.982. The summed E-state index contributed by atoms with van der Waals surface area (Å²) in [5.41, 5.74) is 1.42. The molecule has 3 heterocycles. The molecule has 1 saturated carbocycles. The van der Waals surface area contributed by atoms with E-state index in [0.29, 0.717) is 17.4 Å². The average molecular weight is 345 g/mol. The molecule has 4 rings (SSSR count). The molecule has 2 aliphatic rings. The fourth-order valence-corrected chi connectivity index (χ4v) is 4.01. The maximum absolute atomic E-state index is 13.0. The molecule has 1 aliphatic heterocycles. The van der Waals surface area contributed by atoms with E-state index < -0.39 is 6.35 Å². The zero-order valence-corrected chi connectivity index (χ0v) is 14.7. The molecule has 1 unspecified atom stereocenters. The van der Waals surface area contributed by atoms with Crippen LogP contribution in [-0.2, 0) is 7.05 Å². The van der Waals surface area contributed by atoms with Crippen molar-refractivity contribution in [3.8, 4) is 0 Å². The molecule has 1 fully saturated rings. The number of aryl methyl sites for hydroxylation is 2. The van der Waals surface area contributed by atoms with Gasteiger partial charge in [0.25, 0.3) is 5.91 Å². The fourth-order valence-electron chi connectivity index (χ4n) is 4.01. The first-order valence-corrected chi connectivity index (χ1v) is 8.65. The molecule has 0 saturated heterocycles. The minimum Gasteiger partial charge on any atom is -0.361 e. The van der Waals surface area contributed by atoms with Crippen molar-refractivity contribution in [2.75, 3.05) is 11.9 Å². The number of aromatic nitrogens is 3. The van der Waals surface area contributed by atoms with Crippen molar-refractivity contribution < 1.29 is 14.4 Å². The van der Waals surface area contributed by atoms with Gasteiger partial charge in [0.2, 0.25) is 6.35 Å². The number of imidazole rings is 1. The zero-order chi connectivity index (χ0) is 17.7. The van der Waals surface area contributed by atoms with Gasteiger partial charge in [-0.05, 0) is 32.6 Å². The number of anilines is 1. The van der Waals surface area contributed by atoms with Gasteiger partial charge in [-0.25, -0.2) is 4.98 Å². The lowest BCUT2D eigenvalue weighted by atomic mass is 9.83. The van der Waals surface area contributed by atoms with E-state index >= 15 is 0 Å². The summed E-state index contributed by atoms with van der Waals surface area (Å²) >= 11 is 0. The fraction of sp³-hybridized carbons (Fsp3) is 0.588. The molecule has 8 heteroatoms. The van der Waals surface area contributed by atoms with Crippen LogP contribution in [0.2, 0.25) is 0 Å². The Morgan fingerprint density at radius 2 is 1.96 bits per heavy atom. The number of rotatable bonds is 2. The quantitative estimate of drug-likeness (QED) is 0.890. The molecule has 0 aromatic carbocycles. The molecule has 0 spiro atoms. The summed E-state index contributed by atoms with van der Waals surface area (Å²) in [6.07, 6.45) is 4.11. The third-order valence-electron chi connectivity index (χ3n) is 5.42. The molecule has 1 N–H and O–H groups in total. The van der Waals surface area contributed by atoms with Crippen LogP contribution in [0.4, 0.5) is 5.82 Å². The summed E-state index contributed by atoms with van der Waals surface area (Å²) in [5.74, 6) is 1.63. The SMILES string of the molecule is Cc1cc(C2CCC(N3C(=O)c4c(ncn4C)N(C)C3O)CC2)on1. The highest BCUT2D eigenvalue weighted by Gasteiger charge is 2.42. The van der Waals surface area contributed by atoms with E-state index in [2.05, 4.69) is 10.1 Å². The van der Waals surface area contributed by atoms with Crippen molar-refractivity contribution in [2.24, 2.45) is 7.05 Å². The van der Waals surface area contributed by atoms with Crippen LogP contribution in [0.15, 0.2) is 16.9 Å². The third-order valence-corrected chi connectivity index (χ3v) is 5.42. The van der Waals surface area contributed by atoms with Crippen molar-refractivity contribution in [1.82, 2.24) is 19.6 Å². The molecule has 1 atom stereocenters. The number of hydrogen-bond acceptors (Lipinski definition) is 6. The molecular weight excluding hydrogens is 322 g/mol. The van der Waals surface area contributed by atoms with E-state index in [0.717, 1.165) is 37.1 Å². The second-order valence-corrected chi connectivity index (χ2v) is 7.07. The van der Waals surface area contributed by atoms with Gasteiger partial charge in [0.15, 0.2) is 11.5 Å². The standard InChI is InChI=1S/C17H23N5O3/c1-10-8-13(25-19-10)11-4-6-12(7-5-11)22-16(23)14-15(18-9-20(14)2)21(3)17(22)24/h8-9,11-12,17,24H,4-7H2,1-3H3. The van der Waals surface area contributed by atoms with E-state index in [9.17, 15) is 9.90 Å². The lowest BCUT2D eigenvalue weighted by Crippen LogP contribution is -2.58. The molecule has 2 aromatic rings. The average Bonchev–Trinajstić information content (AvgIpc) is 3.20. The predicted molar refractivity (Wildman–Crippen MR) is 90.0 cm³/mol. The molecular formula is C17H23N5O3. The molecule has 2 aromatic heterocycles. The molecule has 0 bridgehead atoms. The number of aliphatic hydroxyl groups excluding tert-OH is 1. The topological polar surface area (TPSA) is 87.6 Å². The lowest BCUT2D eigenvalue weighted by Gasteiger charge is -2.44. The van der Waals surface area contributed by atoms with Crippen LogP contribution >= 0.6 is 0 Å². The number of hydrogen-bond donors (Lipinski definition) is 1. The first-order valence-electron chi connectivity index (χ1n) is 8.65. The highest BCUT2D eigenvalue weighted by atomic mass is 16.5. The lowest BCUT2D eigenvalue weighted by molar-refractivity contribution is -0.0250. The number of fused-ring (bicyclic) bond motifs is 1. The van der Waals surface area contributed by atoms with Gasteiger partial charge in [-0.2, -0.15) is 0 Å². The summed E-state index contributed by atoms with van der Waals surface area (Å²) in [7, 11) is 3.56. The zero-order valence-electron chi connectivity index (χ0n) is 14.7. The Morgan fingerprint density at radius 3 is 2.60 bits per heavy atom. The van der Waals surface area contributed by atoms with E-state index in [1.165, 1.54) is 0 Å². The molecule has 0 radical (unpaired) electrons. The summed E-state index contributed by atoms with van der Waals surface area (Å²) in [6.45, 7) is 1.92. The number of amides is 1. The number of aliphatic hydroxyl groups is 1. The molecule has 8 nitrogen and oxygen atoms in total. The summed E-state index contributed by atoms with van der Waals surface area (Å²) in [4.78, 5) is 20.5. The second-order valence-electron chi connectivity index (χ2n) is 7.07. The summed E-state index contributed by atoms with van der Waals surface area (Å²) < 4.78 is 7.11. The molecule has 134 valence electrons. The van der Waals surface area contributed by atoms with E-state index in [-0.39, 0.29) is 11.9 Å². The van der Waals surface area contributed by atoms with Crippen molar-refractivity contribution in [3.63, 3.8) is 0 Å². The molecule has 1 aliphatic carbocycles. The van der Waals surface area contributed by atoms with Gasteiger partial charge in [-0.15, -0.1) is 0 Å². The normalized spacial score (nSPS) is 26.9. The van der Waals surface area contributed by atoms with Crippen molar-refractivity contribution >= 4 is 11.7 Å². The van der Waals surface area contributed by atoms with Crippen LogP contribution in [0.25, 0.3) is 0 Å². The van der Waals surface area contributed by atoms with Crippen LogP contribution < -0.4 is 4.90 Å². The van der Waals surface area contributed by atoms with E-state index in [4.69, 9.17) is 4.52 Å². The smallest absolute Gasteiger partial charge is 0.278 e. The Bertz CT molecular complexity index is 790. The number of carbonyl (C=O) groups excluding carboxylic acids is 1. The van der Waals surface area contributed by atoms with Gasteiger partial charge < -0.3 is 19.1 Å². The van der Waals surface area contributed by atoms with Gasteiger partial charge in [-0.1, -0.05) is 5.16 Å². The first kappa shape index (κ1) is 16.1. The van der Waals surface area contributed by atoms with Gasteiger partial charge in [0.05, 0.1) is 12.0 Å². The maximum atomic E-state index is 13.0. The second kappa shape index (κ2) is 5.87. The third kappa shape index (κ3) is 2.52. The van der Waals surface area contributed by atoms with Crippen LogP contribution in [-0.4, -0.2) is 50.1 Å². The predicted octanol–water partition coefficient (Wildman–Crippen LogP) is 1.61. The Kier molecular flexibility index (Phi) is 3.79. The van der Waals surface area contributed by atoms with Crippen LogP contribution in [0, 0.1) is 6.92 Å². The molecule has 25 heavy (non-hydrogen) atoms. The Morgan fingerprint density at radius 1 is 1.24 bits per heavy atom. The number of nitrogens with zero attached hydrogens (tertiary/aromatic N) is 5. The van der Waals surface area contributed by atoms with E-state index in [1.54, 1.807) is 34.8 Å². The summed E-state index contributed by atoms with van der Waals surface area (Å²) in [6, 6.07) is 2.00. The van der Waals surface area contributed by atoms with Crippen LogP contribution in [0.3, 0.4) is 0 Å². The Hall–Kier alpha value is -2.35. The molecule has 1 amide bonds. The van der Waals surface area contributed by atoms with Gasteiger partial charge >= 0.3 is 0 Å². The van der Waals surface area contributed by atoms with Gasteiger partial charge in [-0.3, -0.25) is 9.69 Å². The minimum absolute atomic E-state index is 0.00766. The Balaban J connectivity index is 1.53. The summed E-state index contributed by atoms with van der Waals surface area (Å²) in [5, 5.41) is 14.6. The van der Waals surface area contributed by atoms with Crippen molar-refractivity contribution in [2.45, 2.75) is 50.9 Å². The monoisotopic (exact) mass is 345 g/mol. The highest BCUT2D eigenvalue weighted by Crippen LogP contribution is 2.38. The van der Waals surface area contributed by atoms with Crippen LogP contribution in [0.1, 0.15) is 53.5 Å². The van der Waals surface area contributed by atoms with E-state index in [1.807, 2.05) is 13.0 Å². The maximum Gasteiger partial charge on any atom is 0.278 e. The van der Waals surface area contributed by atoms with Gasteiger partial charge in [0.1, 0.15) is 5.76 Å². The van der Waals surface area contributed by atoms with Gasteiger partial charge in [0, 0.05) is 32.1 Å². The first-order chi connectivity index (χ1) is 12.0. The van der Waals surface area contributed by atoms with Crippen molar-refractivity contribution in [3.05, 3.63) is 29.5 Å². The van der Waals surface area contributed by atoms with Crippen molar-refractivity contribution in [1.29, 1.82) is 0 Å².